The number of rotatable bonds is 2. The van der Waals surface area contributed by atoms with Gasteiger partial charge in [-0.1, -0.05) is 11.8 Å². The zero-order valence-corrected chi connectivity index (χ0v) is 11.7. The number of aliphatic hydroxyl groups excluding tert-OH is 1. The van der Waals surface area contributed by atoms with E-state index in [9.17, 15) is 22.0 Å². The lowest BCUT2D eigenvalue weighted by molar-refractivity contribution is 0.0551. The Bertz CT molecular complexity index is 637. The zero-order chi connectivity index (χ0) is 16.5. The summed E-state index contributed by atoms with van der Waals surface area (Å²) in [5, 5.41) is 8.31. The molecule has 0 aromatic heterocycles. The van der Waals surface area contributed by atoms with E-state index in [1.54, 1.807) is 0 Å². The number of hydrogen-bond donors (Lipinski definition) is 2. The minimum atomic E-state index is -3.67. The Labute approximate surface area is 120 Å². The van der Waals surface area contributed by atoms with E-state index >= 15 is 0 Å². The van der Waals surface area contributed by atoms with Crippen molar-refractivity contribution in [2.24, 2.45) is 0 Å². The topological polar surface area (TPSA) is 101 Å². The smallest absolute Gasteiger partial charge is 0.342 e. The number of esters is 1. The molecule has 1 rings (SSSR count). The van der Waals surface area contributed by atoms with Crippen molar-refractivity contribution in [2.45, 2.75) is 0 Å². The van der Waals surface area contributed by atoms with E-state index in [-0.39, 0.29) is 18.8 Å². The highest BCUT2D eigenvalue weighted by atomic mass is 32.2. The summed E-state index contributed by atoms with van der Waals surface area (Å²) in [5.74, 6) is 1.90. The quantitative estimate of drug-likeness (QED) is 0.470. The molecule has 0 saturated carbocycles. The molecule has 0 aliphatic rings. The van der Waals surface area contributed by atoms with Crippen LogP contribution < -0.4 is 0 Å². The minimum absolute atomic E-state index is 0.254. The fraction of sp³-hybridized carbons (Fsp3) is 0.250. The highest BCUT2D eigenvalue weighted by Gasteiger charge is 2.13. The molecule has 0 radical (unpaired) electrons. The van der Waals surface area contributed by atoms with E-state index in [4.69, 9.17) is 9.66 Å². The normalized spacial score (nSPS) is 9.76. The van der Waals surface area contributed by atoms with Crippen molar-refractivity contribution < 1.29 is 36.4 Å². The Balaban J connectivity index is 0.000000690. The van der Waals surface area contributed by atoms with Crippen molar-refractivity contribution in [1.29, 1.82) is 0 Å². The van der Waals surface area contributed by atoms with Gasteiger partial charge in [0, 0.05) is 6.07 Å². The standard InChI is InChI=1S/C11H8F2O3.CH4O3S/c12-8-3-4-9(10(13)7-8)11(15)16-6-2-1-5-14;1-5(2,3)4/h3-4,7,14H,5-6H2;1H3,(H,2,3,4). The van der Waals surface area contributed by atoms with Gasteiger partial charge in [0.05, 0.1) is 11.8 Å². The van der Waals surface area contributed by atoms with E-state index in [0.29, 0.717) is 12.3 Å². The first-order chi connectivity index (χ1) is 9.65. The van der Waals surface area contributed by atoms with Gasteiger partial charge in [-0.15, -0.1) is 0 Å². The van der Waals surface area contributed by atoms with Crippen LogP contribution in [0.1, 0.15) is 10.4 Å². The van der Waals surface area contributed by atoms with Crippen molar-refractivity contribution >= 4 is 16.1 Å². The van der Waals surface area contributed by atoms with Crippen LogP contribution in [0.2, 0.25) is 0 Å². The third kappa shape index (κ3) is 10.4. The summed E-state index contributed by atoms with van der Waals surface area (Å²) in [7, 11) is -3.67. The van der Waals surface area contributed by atoms with Crippen LogP contribution in [0.3, 0.4) is 0 Å². The molecule has 1 aromatic rings. The molecule has 0 saturated heterocycles. The van der Waals surface area contributed by atoms with Gasteiger partial charge in [0.15, 0.2) is 6.61 Å². The average Bonchev–Trinajstić information content (AvgIpc) is 2.32. The molecule has 0 unspecified atom stereocenters. The summed E-state index contributed by atoms with van der Waals surface area (Å²) in [4.78, 5) is 11.2. The van der Waals surface area contributed by atoms with Crippen molar-refractivity contribution in [1.82, 2.24) is 0 Å². The summed E-state index contributed by atoms with van der Waals surface area (Å²) in [6, 6.07) is 2.54. The van der Waals surface area contributed by atoms with Gasteiger partial charge < -0.3 is 9.84 Å². The molecule has 9 heteroatoms. The minimum Gasteiger partial charge on any atom is -0.449 e. The number of ether oxygens (including phenoxy) is 1. The molecular weight excluding hydrogens is 310 g/mol. The maximum absolute atomic E-state index is 13.1. The molecule has 0 spiro atoms. The number of hydrogen-bond acceptors (Lipinski definition) is 5. The summed E-state index contributed by atoms with van der Waals surface area (Å²) >= 11 is 0. The SMILES string of the molecule is CS(=O)(=O)O.O=C(OCC#CCO)c1ccc(F)cc1F. The summed E-state index contributed by atoms with van der Waals surface area (Å²) in [5.41, 5.74) is -0.354. The molecular formula is C12H12F2O6S. The lowest BCUT2D eigenvalue weighted by Crippen LogP contribution is -2.08. The number of halogens is 2. The first-order valence-corrected chi connectivity index (χ1v) is 7.11. The van der Waals surface area contributed by atoms with Gasteiger partial charge >= 0.3 is 5.97 Å². The molecule has 6 nitrogen and oxygen atoms in total. The van der Waals surface area contributed by atoms with Gasteiger partial charge in [-0.25, -0.2) is 13.6 Å². The molecule has 0 amide bonds. The Hall–Kier alpha value is -2.02. The van der Waals surface area contributed by atoms with Crippen LogP contribution in [0.25, 0.3) is 0 Å². The molecule has 0 heterocycles. The van der Waals surface area contributed by atoms with E-state index < -0.39 is 27.7 Å². The van der Waals surface area contributed by atoms with Crippen LogP contribution in [0.15, 0.2) is 18.2 Å². The number of carbonyl (C=O) groups is 1. The van der Waals surface area contributed by atoms with Gasteiger partial charge in [-0.05, 0) is 12.1 Å². The van der Waals surface area contributed by atoms with Gasteiger partial charge in [0.1, 0.15) is 18.2 Å². The molecule has 0 aliphatic heterocycles. The summed E-state index contributed by atoms with van der Waals surface area (Å²) in [6.07, 6.45) is 0.715. The van der Waals surface area contributed by atoms with Gasteiger partial charge in [-0.2, -0.15) is 8.42 Å². The first-order valence-electron chi connectivity index (χ1n) is 5.26. The Morgan fingerprint density at radius 2 is 1.90 bits per heavy atom. The second-order valence-corrected chi connectivity index (χ2v) is 4.91. The Morgan fingerprint density at radius 3 is 2.38 bits per heavy atom. The van der Waals surface area contributed by atoms with Crippen LogP contribution in [-0.2, 0) is 14.9 Å². The molecule has 1 aromatic carbocycles. The molecule has 0 atom stereocenters. The van der Waals surface area contributed by atoms with E-state index in [2.05, 4.69) is 16.6 Å². The molecule has 0 aliphatic carbocycles. The highest BCUT2D eigenvalue weighted by molar-refractivity contribution is 7.85. The van der Waals surface area contributed by atoms with Crippen LogP contribution in [-0.4, -0.2) is 43.5 Å². The monoisotopic (exact) mass is 322 g/mol. The summed E-state index contributed by atoms with van der Waals surface area (Å²) < 4.78 is 56.0. The molecule has 0 fully saturated rings. The van der Waals surface area contributed by atoms with E-state index in [1.165, 1.54) is 0 Å². The van der Waals surface area contributed by atoms with E-state index in [0.717, 1.165) is 12.1 Å². The van der Waals surface area contributed by atoms with Crippen LogP contribution in [0, 0.1) is 23.5 Å². The fourth-order valence-electron chi connectivity index (χ4n) is 0.941. The number of aliphatic hydroxyl groups is 1. The third-order valence-electron chi connectivity index (χ3n) is 1.63. The van der Waals surface area contributed by atoms with Gasteiger partial charge in [-0.3, -0.25) is 4.55 Å². The Kier molecular flexibility index (Phi) is 8.15. The zero-order valence-electron chi connectivity index (χ0n) is 10.8. The maximum Gasteiger partial charge on any atom is 0.342 e. The van der Waals surface area contributed by atoms with E-state index in [1.807, 2.05) is 0 Å². The van der Waals surface area contributed by atoms with Crippen molar-refractivity contribution in [2.75, 3.05) is 19.5 Å². The average molecular weight is 322 g/mol. The largest absolute Gasteiger partial charge is 0.449 e. The lowest BCUT2D eigenvalue weighted by Gasteiger charge is -2.01. The molecule has 116 valence electrons. The second kappa shape index (κ2) is 9.02. The van der Waals surface area contributed by atoms with Crippen molar-refractivity contribution in [3.63, 3.8) is 0 Å². The van der Waals surface area contributed by atoms with Gasteiger partial charge in [0.2, 0.25) is 0 Å². The predicted octanol–water partition coefficient (Wildman–Crippen LogP) is 0.621. The van der Waals surface area contributed by atoms with Crippen molar-refractivity contribution in [3.05, 3.63) is 35.4 Å². The highest BCUT2D eigenvalue weighted by Crippen LogP contribution is 2.10. The number of carbonyl (C=O) groups excluding carboxylic acids is 1. The van der Waals surface area contributed by atoms with Crippen LogP contribution in [0.4, 0.5) is 8.78 Å². The van der Waals surface area contributed by atoms with Gasteiger partial charge in [0.25, 0.3) is 10.1 Å². The van der Waals surface area contributed by atoms with Crippen molar-refractivity contribution in [3.8, 4) is 11.8 Å². The van der Waals surface area contributed by atoms with Crippen LogP contribution in [0.5, 0.6) is 0 Å². The molecule has 2 N–H and O–H groups in total. The van der Waals surface area contributed by atoms with Crippen LogP contribution >= 0.6 is 0 Å². The lowest BCUT2D eigenvalue weighted by atomic mass is 10.2. The third-order valence-corrected chi connectivity index (χ3v) is 1.63. The number of benzene rings is 1. The second-order valence-electron chi connectivity index (χ2n) is 3.44. The Morgan fingerprint density at radius 1 is 1.33 bits per heavy atom. The fourth-order valence-corrected chi connectivity index (χ4v) is 0.941. The maximum atomic E-state index is 13.1. The molecule has 21 heavy (non-hydrogen) atoms. The summed E-state index contributed by atoms with van der Waals surface area (Å²) in [6.45, 7) is -0.599. The first kappa shape index (κ1) is 19.0. The predicted molar refractivity (Wildman–Crippen MR) is 69.0 cm³/mol. The molecule has 0 bridgehead atoms.